The lowest BCUT2D eigenvalue weighted by Crippen LogP contribution is -2.13. The van der Waals surface area contributed by atoms with Crippen molar-refractivity contribution in [3.8, 4) is 5.88 Å². The zero-order chi connectivity index (χ0) is 18.7. The molecule has 3 N–H and O–H groups in total. The van der Waals surface area contributed by atoms with E-state index in [2.05, 4.69) is 4.98 Å². The molecule has 0 saturated heterocycles. The zero-order valence-corrected chi connectivity index (χ0v) is 15.5. The van der Waals surface area contributed by atoms with E-state index in [4.69, 9.17) is 26.3 Å². The highest BCUT2D eigenvalue weighted by Crippen LogP contribution is 2.32. The maximum absolute atomic E-state index is 10.2. The Balaban J connectivity index is 1.97. The molecule has 26 heavy (non-hydrogen) atoms. The van der Waals surface area contributed by atoms with Crippen molar-refractivity contribution in [2.75, 3.05) is 14.1 Å². The van der Waals surface area contributed by atoms with E-state index in [0.717, 1.165) is 30.5 Å². The number of nitrogens with zero attached hydrogens (tertiary/aromatic N) is 1. The van der Waals surface area contributed by atoms with E-state index in [0.29, 0.717) is 22.0 Å². The first-order valence-corrected chi connectivity index (χ1v) is 8.81. The fourth-order valence-corrected chi connectivity index (χ4v) is 3.24. The van der Waals surface area contributed by atoms with E-state index in [1.54, 1.807) is 43.4 Å². The summed E-state index contributed by atoms with van der Waals surface area (Å²) in [4.78, 5) is 8.24. The average Bonchev–Trinajstić information content (AvgIpc) is 3.17. The van der Waals surface area contributed by atoms with Gasteiger partial charge in [-0.2, -0.15) is 5.06 Å². The Bertz CT molecular complexity index is 940. The molecule has 0 radical (unpaired) electrons. The van der Waals surface area contributed by atoms with Gasteiger partial charge in [0.1, 0.15) is 17.1 Å². The number of fused-ring (bicyclic) bond motifs is 1. The van der Waals surface area contributed by atoms with Gasteiger partial charge in [0.05, 0.1) is 0 Å². The number of rotatable bonds is 5. The number of H-pyrrole nitrogens is 1. The highest BCUT2D eigenvalue weighted by Gasteiger charge is 2.23. The average molecular weight is 376 g/mol. The SMILES string of the molecule is CN(C)O/C=C\C(C=N)=c1ccc(=Cc2c(O)[nH]c3c2CC(Cl)CC3)o1. The van der Waals surface area contributed by atoms with Crippen molar-refractivity contribution in [1.29, 1.82) is 5.41 Å². The van der Waals surface area contributed by atoms with E-state index in [1.165, 1.54) is 12.5 Å². The first-order valence-electron chi connectivity index (χ1n) is 8.37. The van der Waals surface area contributed by atoms with Crippen molar-refractivity contribution >= 4 is 29.5 Å². The summed E-state index contributed by atoms with van der Waals surface area (Å²) in [6.45, 7) is 0. The smallest absolute Gasteiger partial charge is 0.196 e. The largest absolute Gasteiger partial charge is 0.494 e. The van der Waals surface area contributed by atoms with Crippen LogP contribution in [0.15, 0.2) is 28.9 Å². The quantitative estimate of drug-likeness (QED) is 0.323. The van der Waals surface area contributed by atoms with E-state index in [-0.39, 0.29) is 11.3 Å². The van der Waals surface area contributed by atoms with E-state index >= 15 is 0 Å². The van der Waals surface area contributed by atoms with Gasteiger partial charge in [-0.3, -0.25) is 0 Å². The number of aryl methyl sites for hydroxylation is 1. The number of nitrogens with one attached hydrogen (secondary N) is 2. The number of hydrogen-bond donors (Lipinski definition) is 3. The van der Waals surface area contributed by atoms with Gasteiger partial charge in [0.15, 0.2) is 5.88 Å². The van der Waals surface area contributed by atoms with Crippen LogP contribution in [-0.2, 0) is 17.7 Å². The molecule has 1 aliphatic carbocycles. The molecule has 0 bridgehead atoms. The Morgan fingerprint density at radius 2 is 2.27 bits per heavy atom. The molecule has 138 valence electrons. The molecule has 1 atom stereocenters. The normalized spacial score (nSPS) is 19.1. The monoisotopic (exact) mass is 375 g/mol. The number of allylic oxidation sites excluding steroid dienone is 1. The lowest BCUT2D eigenvalue weighted by molar-refractivity contribution is -0.0536. The van der Waals surface area contributed by atoms with Crippen LogP contribution in [0.5, 0.6) is 5.88 Å². The molecule has 0 saturated carbocycles. The van der Waals surface area contributed by atoms with Gasteiger partial charge in [-0.15, -0.1) is 11.6 Å². The Labute approximate surface area is 156 Å². The summed E-state index contributed by atoms with van der Waals surface area (Å²) < 4.78 is 5.82. The lowest BCUT2D eigenvalue weighted by Gasteiger charge is -2.16. The zero-order valence-electron chi connectivity index (χ0n) is 14.8. The summed E-state index contributed by atoms with van der Waals surface area (Å²) in [6.07, 6.45) is 8.59. The number of hydrogen-bond acceptors (Lipinski definition) is 5. The maximum Gasteiger partial charge on any atom is 0.196 e. The third kappa shape index (κ3) is 4.03. The minimum absolute atomic E-state index is 0.0803. The molecule has 0 aromatic carbocycles. The molecule has 7 heteroatoms. The standard InChI is InChI=1S/C19H22ClN3O3/c1-23(2)25-8-7-12(11-21)18-6-4-14(26-18)10-16-15-9-13(20)3-5-17(15)22-19(16)24/h4,6-8,10-11,13,21-22,24H,3,5,9H2,1-2H3/b8-7-,14-10?,18-12?,21-11?. The fourth-order valence-electron chi connectivity index (χ4n) is 2.97. The molecule has 0 fully saturated rings. The molecule has 6 nitrogen and oxygen atoms in total. The van der Waals surface area contributed by atoms with Crippen molar-refractivity contribution in [2.24, 2.45) is 0 Å². The van der Waals surface area contributed by atoms with Gasteiger partial charge in [-0.05, 0) is 49.1 Å². The molecule has 2 aromatic rings. The lowest BCUT2D eigenvalue weighted by atomic mass is 9.94. The van der Waals surface area contributed by atoms with Gasteiger partial charge in [-0.1, -0.05) is 0 Å². The van der Waals surface area contributed by atoms with Crippen LogP contribution in [0.1, 0.15) is 23.2 Å². The highest BCUT2D eigenvalue weighted by atomic mass is 35.5. The van der Waals surface area contributed by atoms with Crippen LogP contribution in [0.2, 0.25) is 0 Å². The predicted molar refractivity (Wildman–Crippen MR) is 102 cm³/mol. The van der Waals surface area contributed by atoms with Crippen molar-refractivity contribution in [3.63, 3.8) is 0 Å². The van der Waals surface area contributed by atoms with Crippen LogP contribution in [0.3, 0.4) is 0 Å². The fraction of sp³-hybridized carbons (Fsp3) is 0.316. The minimum Gasteiger partial charge on any atom is -0.494 e. The molecule has 0 spiro atoms. The maximum atomic E-state index is 10.2. The van der Waals surface area contributed by atoms with Gasteiger partial charge in [0.25, 0.3) is 0 Å². The summed E-state index contributed by atoms with van der Waals surface area (Å²) in [5.74, 6) is 0.134. The number of aromatic hydroxyl groups is 1. The van der Waals surface area contributed by atoms with Crippen LogP contribution in [-0.4, -0.2) is 40.8 Å². The molecular formula is C19H22ClN3O3. The summed E-state index contributed by atoms with van der Waals surface area (Å²) in [5.41, 5.74) is 4.51. The summed E-state index contributed by atoms with van der Waals surface area (Å²) in [6, 6.07) is 3.59. The Hall–Kier alpha value is -2.44. The van der Waals surface area contributed by atoms with Crippen LogP contribution >= 0.6 is 11.6 Å². The molecule has 2 aromatic heterocycles. The van der Waals surface area contributed by atoms with Crippen molar-refractivity contribution < 1.29 is 14.4 Å². The van der Waals surface area contributed by atoms with Gasteiger partial charge in [0.2, 0.25) is 0 Å². The van der Waals surface area contributed by atoms with Crippen molar-refractivity contribution in [1.82, 2.24) is 10.0 Å². The molecule has 1 unspecified atom stereocenters. The summed E-state index contributed by atoms with van der Waals surface area (Å²) in [5, 5.41) is 19.4. The second-order valence-electron chi connectivity index (χ2n) is 6.35. The topological polar surface area (TPSA) is 85.5 Å². The van der Waals surface area contributed by atoms with Crippen molar-refractivity contribution in [3.05, 3.63) is 52.1 Å². The Morgan fingerprint density at radius 1 is 1.46 bits per heavy atom. The summed E-state index contributed by atoms with van der Waals surface area (Å²) >= 11 is 6.28. The number of halogens is 1. The van der Waals surface area contributed by atoms with Crippen LogP contribution < -0.4 is 10.8 Å². The number of aromatic nitrogens is 1. The summed E-state index contributed by atoms with van der Waals surface area (Å²) in [7, 11) is 3.54. The number of hydroxylamine groups is 2. The van der Waals surface area contributed by atoms with E-state index in [1.807, 2.05) is 0 Å². The second-order valence-corrected chi connectivity index (χ2v) is 6.97. The molecule has 3 rings (SSSR count). The molecule has 2 heterocycles. The number of furan rings is 1. The third-order valence-corrected chi connectivity index (χ3v) is 4.59. The highest BCUT2D eigenvalue weighted by molar-refractivity contribution is 6.20. The molecule has 1 aliphatic rings. The van der Waals surface area contributed by atoms with Crippen LogP contribution in [0, 0.1) is 5.41 Å². The molecule has 0 aliphatic heterocycles. The second kappa shape index (κ2) is 7.85. The predicted octanol–water partition coefficient (Wildman–Crippen LogP) is 2.05. The number of aromatic amines is 1. The number of alkyl halides is 1. The molecular weight excluding hydrogens is 354 g/mol. The molecule has 0 amide bonds. The van der Waals surface area contributed by atoms with Crippen LogP contribution in [0.4, 0.5) is 0 Å². The van der Waals surface area contributed by atoms with Crippen molar-refractivity contribution in [2.45, 2.75) is 24.6 Å². The Kier molecular flexibility index (Phi) is 5.54. The van der Waals surface area contributed by atoms with Gasteiger partial charge >= 0.3 is 0 Å². The first kappa shape index (κ1) is 18.4. The minimum atomic E-state index is 0.0803. The van der Waals surface area contributed by atoms with Crippen LogP contribution in [0.25, 0.3) is 11.6 Å². The van der Waals surface area contributed by atoms with Gasteiger partial charge in [0, 0.05) is 42.5 Å². The first-order chi connectivity index (χ1) is 12.5. The van der Waals surface area contributed by atoms with E-state index in [9.17, 15) is 5.11 Å². The third-order valence-electron chi connectivity index (χ3n) is 4.22. The van der Waals surface area contributed by atoms with Gasteiger partial charge in [-0.25, -0.2) is 0 Å². The van der Waals surface area contributed by atoms with E-state index < -0.39 is 0 Å². The van der Waals surface area contributed by atoms with Gasteiger partial charge < -0.3 is 24.8 Å². The Morgan fingerprint density at radius 3 is 3.00 bits per heavy atom.